The Hall–Kier alpha value is -2.43. The quantitative estimate of drug-likeness (QED) is 0.599. The van der Waals surface area contributed by atoms with Gasteiger partial charge in [0.05, 0.1) is 11.1 Å². The number of nitrogens with one attached hydrogen (secondary N) is 1. The molecule has 3 aromatic carbocycles. The van der Waals surface area contributed by atoms with E-state index in [4.69, 9.17) is 16.3 Å². The maximum absolute atomic E-state index is 14.7. The zero-order chi connectivity index (χ0) is 20.0. The molecule has 148 valence electrons. The van der Waals surface area contributed by atoms with Crippen LogP contribution >= 0.6 is 11.6 Å². The first-order chi connectivity index (χ1) is 14.1. The molecule has 2 heterocycles. The normalized spacial score (nSPS) is 25.6. The number of halogens is 3. The first-order valence-electron chi connectivity index (χ1n) is 9.77. The lowest BCUT2D eigenvalue weighted by atomic mass is 9.80. The molecule has 1 unspecified atom stereocenters. The Kier molecular flexibility index (Phi) is 4.56. The minimum atomic E-state index is -0.929. The van der Waals surface area contributed by atoms with Crippen LogP contribution in [0.1, 0.15) is 17.5 Å². The molecule has 0 aliphatic carbocycles. The number of benzene rings is 3. The second kappa shape index (κ2) is 7.12. The minimum Gasteiger partial charge on any atom is -0.480 e. The zero-order valence-corrected chi connectivity index (χ0v) is 16.4. The second-order valence-electron chi connectivity index (χ2n) is 7.72. The van der Waals surface area contributed by atoms with E-state index in [2.05, 4.69) is 5.32 Å². The van der Waals surface area contributed by atoms with E-state index in [0.717, 1.165) is 16.7 Å². The smallest absolute Gasteiger partial charge is 0.153 e. The predicted molar refractivity (Wildman–Crippen MR) is 111 cm³/mol. The summed E-state index contributed by atoms with van der Waals surface area (Å²) < 4.78 is 35.3. The fourth-order valence-electron chi connectivity index (χ4n) is 4.63. The van der Waals surface area contributed by atoms with Crippen molar-refractivity contribution in [3.8, 4) is 16.9 Å². The van der Waals surface area contributed by atoms with E-state index in [1.807, 2.05) is 60.7 Å². The van der Waals surface area contributed by atoms with Crippen LogP contribution in [0.3, 0.4) is 0 Å². The van der Waals surface area contributed by atoms with Crippen molar-refractivity contribution in [1.82, 2.24) is 5.32 Å². The molecule has 5 heteroatoms. The van der Waals surface area contributed by atoms with Crippen molar-refractivity contribution >= 4 is 11.6 Å². The van der Waals surface area contributed by atoms with E-state index < -0.39 is 17.6 Å². The van der Waals surface area contributed by atoms with Gasteiger partial charge in [-0.2, -0.15) is 0 Å². The van der Waals surface area contributed by atoms with Crippen LogP contribution in [0.25, 0.3) is 11.1 Å². The van der Waals surface area contributed by atoms with Gasteiger partial charge in [0.25, 0.3) is 0 Å². The first-order valence-corrected chi connectivity index (χ1v) is 10.1. The van der Waals surface area contributed by atoms with Crippen molar-refractivity contribution in [1.29, 1.82) is 0 Å². The van der Waals surface area contributed by atoms with Gasteiger partial charge in [0, 0.05) is 30.2 Å². The number of hydrogen-bond donors (Lipinski definition) is 1. The largest absolute Gasteiger partial charge is 0.480 e. The third-order valence-corrected chi connectivity index (χ3v) is 6.35. The molecule has 1 fully saturated rings. The molecule has 0 radical (unpaired) electrons. The van der Waals surface area contributed by atoms with Crippen molar-refractivity contribution < 1.29 is 13.5 Å². The van der Waals surface area contributed by atoms with Crippen molar-refractivity contribution in [2.24, 2.45) is 0 Å². The summed E-state index contributed by atoms with van der Waals surface area (Å²) in [5.74, 6) is -0.0467. The Balaban J connectivity index is 1.69. The van der Waals surface area contributed by atoms with E-state index in [1.54, 1.807) is 0 Å². The van der Waals surface area contributed by atoms with Crippen LogP contribution in [0, 0.1) is 5.82 Å². The van der Waals surface area contributed by atoms with Gasteiger partial charge in [-0.1, -0.05) is 72.3 Å². The van der Waals surface area contributed by atoms with E-state index >= 15 is 0 Å². The Morgan fingerprint density at radius 1 is 1.03 bits per heavy atom. The Labute approximate surface area is 173 Å². The summed E-state index contributed by atoms with van der Waals surface area (Å²) in [6, 6.07) is 20.5. The van der Waals surface area contributed by atoms with Crippen molar-refractivity contribution in [3.63, 3.8) is 0 Å². The molecule has 3 atom stereocenters. The van der Waals surface area contributed by atoms with Crippen LogP contribution in [0.5, 0.6) is 5.75 Å². The summed E-state index contributed by atoms with van der Waals surface area (Å²) in [5.41, 5.74) is 2.47. The van der Waals surface area contributed by atoms with Crippen LogP contribution in [-0.2, 0) is 12.0 Å². The van der Waals surface area contributed by atoms with Crippen molar-refractivity contribution in [3.05, 3.63) is 88.7 Å². The predicted octanol–water partition coefficient (Wildman–Crippen LogP) is 5.68. The van der Waals surface area contributed by atoms with E-state index in [-0.39, 0.29) is 11.1 Å². The fraction of sp³-hybridized carbons (Fsp3) is 0.250. The molecular formula is C24H20ClF2NO. The summed E-state index contributed by atoms with van der Waals surface area (Å²) >= 11 is 6.43. The summed E-state index contributed by atoms with van der Waals surface area (Å²) in [5, 5.41) is 3.37. The number of alkyl halides is 1. The van der Waals surface area contributed by atoms with Gasteiger partial charge < -0.3 is 10.1 Å². The van der Waals surface area contributed by atoms with E-state index in [9.17, 15) is 8.78 Å². The van der Waals surface area contributed by atoms with Gasteiger partial charge in [0.15, 0.2) is 5.60 Å². The second-order valence-corrected chi connectivity index (χ2v) is 8.10. The first kappa shape index (κ1) is 18.6. The highest BCUT2D eigenvalue weighted by Gasteiger charge is 2.51. The average Bonchev–Trinajstić information content (AvgIpc) is 3.35. The van der Waals surface area contributed by atoms with Gasteiger partial charge in [0.2, 0.25) is 0 Å². The summed E-state index contributed by atoms with van der Waals surface area (Å²) in [7, 11) is 0. The number of hydrogen-bond acceptors (Lipinski definition) is 2. The molecule has 0 saturated carbocycles. The van der Waals surface area contributed by atoms with Crippen molar-refractivity contribution in [2.45, 2.75) is 30.7 Å². The minimum absolute atomic E-state index is 0.0881. The van der Waals surface area contributed by atoms with Gasteiger partial charge in [-0.15, -0.1) is 0 Å². The van der Waals surface area contributed by atoms with Crippen LogP contribution in [-0.4, -0.2) is 18.8 Å². The lowest BCUT2D eigenvalue weighted by molar-refractivity contribution is 0.0517. The summed E-state index contributed by atoms with van der Waals surface area (Å²) in [4.78, 5) is 0. The standard InChI is InChI=1S/C24H20ClF2NO/c25-23-19(27)12-20-18(22(23)15-7-3-1-4-8-15)13-24(29-20,16-9-5-2-6-10-16)21-11-17(26)14-28-21/h1-10,12,17,21,28H,11,13-14H2/t17-,21+,24?/m1/s1. The number of ether oxygens (including phenoxy) is 1. The molecule has 0 spiro atoms. The molecule has 2 aliphatic rings. The van der Waals surface area contributed by atoms with Gasteiger partial charge in [-0.25, -0.2) is 8.78 Å². The zero-order valence-electron chi connectivity index (χ0n) is 15.7. The SMILES string of the molecule is Fc1cc2c(c(-c3ccccc3)c1Cl)CC(c1ccccc1)([C@@H]1C[C@@H](F)CN1)O2. The highest BCUT2D eigenvalue weighted by Crippen LogP contribution is 2.51. The Bertz CT molecular complexity index is 1040. The lowest BCUT2D eigenvalue weighted by Crippen LogP contribution is -2.48. The molecule has 29 heavy (non-hydrogen) atoms. The summed E-state index contributed by atoms with van der Waals surface area (Å²) in [6.45, 7) is 0.291. The van der Waals surface area contributed by atoms with Crippen LogP contribution in [0.2, 0.25) is 5.02 Å². The van der Waals surface area contributed by atoms with E-state index in [1.165, 1.54) is 6.07 Å². The highest BCUT2D eigenvalue weighted by atomic mass is 35.5. The molecule has 0 bridgehead atoms. The third kappa shape index (κ3) is 3.02. The van der Waals surface area contributed by atoms with E-state index in [0.29, 0.717) is 30.7 Å². The van der Waals surface area contributed by atoms with Gasteiger partial charge in [-0.3, -0.25) is 0 Å². The molecule has 3 aromatic rings. The maximum atomic E-state index is 14.7. The summed E-state index contributed by atoms with van der Waals surface area (Å²) in [6.07, 6.45) is -0.0948. The maximum Gasteiger partial charge on any atom is 0.153 e. The molecule has 2 aliphatic heterocycles. The third-order valence-electron chi connectivity index (χ3n) is 5.98. The fourth-order valence-corrected chi connectivity index (χ4v) is 4.91. The molecule has 0 amide bonds. The number of rotatable bonds is 3. The highest BCUT2D eigenvalue weighted by molar-refractivity contribution is 6.33. The molecule has 0 aromatic heterocycles. The van der Waals surface area contributed by atoms with Crippen LogP contribution < -0.4 is 10.1 Å². The molecular weight excluding hydrogens is 392 g/mol. The molecule has 1 saturated heterocycles. The average molecular weight is 412 g/mol. The van der Waals surface area contributed by atoms with Crippen LogP contribution in [0.15, 0.2) is 66.7 Å². The van der Waals surface area contributed by atoms with Crippen LogP contribution in [0.4, 0.5) is 8.78 Å². The lowest BCUT2D eigenvalue weighted by Gasteiger charge is -2.35. The Morgan fingerprint density at radius 2 is 1.72 bits per heavy atom. The number of fused-ring (bicyclic) bond motifs is 1. The van der Waals surface area contributed by atoms with Gasteiger partial charge >= 0.3 is 0 Å². The van der Waals surface area contributed by atoms with Gasteiger partial charge in [-0.05, 0) is 17.5 Å². The molecule has 2 nitrogen and oxygen atoms in total. The molecule has 5 rings (SSSR count). The Morgan fingerprint density at radius 3 is 2.38 bits per heavy atom. The topological polar surface area (TPSA) is 21.3 Å². The molecule has 1 N–H and O–H groups in total. The van der Waals surface area contributed by atoms with Gasteiger partial charge in [0.1, 0.15) is 17.7 Å². The van der Waals surface area contributed by atoms with Crippen molar-refractivity contribution in [2.75, 3.05) is 6.54 Å². The monoisotopic (exact) mass is 411 g/mol.